The molecule has 0 N–H and O–H groups in total. The zero-order valence-electron chi connectivity index (χ0n) is 12.8. The average Bonchev–Trinajstić information content (AvgIpc) is 2.96. The largest absolute Gasteiger partial charge is 0.484 e. The van der Waals surface area contributed by atoms with E-state index in [1.807, 2.05) is 24.3 Å². The third-order valence-electron chi connectivity index (χ3n) is 4.82. The van der Waals surface area contributed by atoms with Crippen molar-refractivity contribution in [2.24, 2.45) is 5.92 Å². The monoisotopic (exact) mass is 294 g/mol. The molecule has 0 bridgehead atoms. The van der Waals surface area contributed by atoms with Gasteiger partial charge in [-0.1, -0.05) is 30.7 Å². The van der Waals surface area contributed by atoms with E-state index >= 15 is 0 Å². The molecule has 1 aliphatic carbocycles. The molecular formula is C19H18O3. The molecule has 0 fully saturated rings. The van der Waals surface area contributed by atoms with Gasteiger partial charge in [0.2, 0.25) is 0 Å². The van der Waals surface area contributed by atoms with Gasteiger partial charge in [-0.3, -0.25) is 0 Å². The van der Waals surface area contributed by atoms with E-state index in [2.05, 4.69) is 26.0 Å². The summed E-state index contributed by atoms with van der Waals surface area (Å²) in [5.41, 5.74) is 3.66. The molecule has 0 radical (unpaired) electrons. The molecule has 0 saturated carbocycles. The van der Waals surface area contributed by atoms with Crippen LogP contribution in [0, 0.1) is 5.92 Å². The Kier molecular flexibility index (Phi) is 2.96. The number of allylic oxidation sites excluding steroid dienone is 2. The topological polar surface area (TPSA) is 39.4 Å². The van der Waals surface area contributed by atoms with Gasteiger partial charge in [0.15, 0.2) is 0 Å². The standard InChI is InChI=1S/C19H18O3/c1-3-11(2)12-8-9-17-14(12)10-15-18(21-17)13-6-4-5-7-16(13)22-19(15)20/h4-9,14,17H,3,10H2,1-2H3/b12-11-/t14-,17+/m1/s1. The molecule has 1 aromatic heterocycles. The molecule has 3 nitrogen and oxygen atoms in total. The minimum absolute atomic E-state index is 0.0224. The van der Waals surface area contributed by atoms with Crippen LogP contribution in [0.5, 0.6) is 5.75 Å². The molecule has 112 valence electrons. The number of ether oxygens (including phenoxy) is 1. The van der Waals surface area contributed by atoms with Crippen LogP contribution in [0.4, 0.5) is 0 Å². The molecule has 3 heteroatoms. The fourth-order valence-electron chi connectivity index (χ4n) is 3.47. The van der Waals surface area contributed by atoms with Gasteiger partial charge in [-0.2, -0.15) is 0 Å². The predicted molar refractivity (Wildman–Crippen MR) is 86.2 cm³/mol. The zero-order valence-corrected chi connectivity index (χ0v) is 12.8. The molecule has 2 heterocycles. The fraction of sp³-hybridized carbons (Fsp3) is 0.316. The molecule has 22 heavy (non-hydrogen) atoms. The highest BCUT2D eigenvalue weighted by molar-refractivity contribution is 5.84. The summed E-state index contributed by atoms with van der Waals surface area (Å²) in [5.74, 6) is 0.935. The Morgan fingerprint density at radius 1 is 1.32 bits per heavy atom. The molecule has 4 rings (SSSR count). The fourth-order valence-corrected chi connectivity index (χ4v) is 3.47. The minimum atomic E-state index is -0.271. The highest BCUT2D eigenvalue weighted by atomic mass is 16.5. The Bertz CT molecular complexity index is 870. The van der Waals surface area contributed by atoms with Crippen molar-refractivity contribution < 1.29 is 9.15 Å². The van der Waals surface area contributed by atoms with E-state index in [-0.39, 0.29) is 17.6 Å². The molecule has 2 aliphatic rings. The van der Waals surface area contributed by atoms with Crippen molar-refractivity contribution in [3.63, 3.8) is 0 Å². The van der Waals surface area contributed by atoms with Crippen LogP contribution >= 0.6 is 0 Å². The van der Waals surface area contributed by atoms with E-state index in [0.717, 1.165) is 11.8 Å². The normalized spacial score (nSPS) is 24.8. The number of fused-ring (bicyclic) bond motifs is 4. The SMILES string of the molecule is CC/C(C)=C1/C=C[C@@H]2Oc3c(c(=O)oc4ccccc34)C[C@H]12. The van der Waals surface area contributed by atoms with E-state index in [0.29, 0.717) is 23.3 Å². The van der Waals surface area contributed by atoms with Crippen molar-refractivity contribution >= 4 is 11.0 Å². The second-order valence-corrected chi connectivity index (χ2v) is 6.03. The van der Waals surface area contributed by atoms with E-state index < -0.39 is 0 Å². The van der Waals surface area contributed by atoms with Gasteiger partial charge in [-0.05, 0) is 43.5 Å². The Morgan fingerprint density at radius 2 is 2.14 bits per heavy atom. The Morgan fingerprint density at radius 3 is 2.95 bits per heavy atom. The number of rotatable bonds is 1. The lowest BCUT2D eigenvalue weighted by molar-refractivity contribution is 0.182. The van der Waals surface area contributed by atoms with Crippen molar-refractivity contribution in [3.05, 3.63) is 63.5 Å². The molecule has 2 atom stereocenters. The van der Waals surface area contributed by atoms with Crippen molar-refractivity contribution in [1.29, 1.82) is 0 Å². The minimum Gasteiger partial charge on any atom is -0.484 e. The molecule has 0 amide bonds. The first kappa shape index (κ1) is 13.4. The Hall–Kier alpha value is -2.29. The smallest absolute Gasteiger partial charge is 0.343 e. The van der Waals surface area contributed by atoms with Gasteiger partial charge in [0, 0.05) is 5.92 Å². The summed E-state index contributed by atoms with van der Waals surface area (Å²) in [6.07, 6.45) is 6.00. The van der Waals surface area contributed by atoms with E-state index in [1.165, 1.54) is 11.1 Å². The summed E-state index contributed by atoms with van der Waals surface area (Å²) in [6, 6.07) is 7.56. The van der Waals surface area contributed by atoms with Gasteiger partial charge in [0.05, 0.1) is 10.9 Å². The van der Waals surface area contributed by atoms with Crippen LogP contribution < -0.4 is 10.4 Å². The number of para-hydroxylation sites is 1. The Labute approximate surface area is 128 Å². The summed E-state index contributed by atoms with van der Waals surface area (Å²) in [7, 11) is 0. The van der Waals surface area contributed by atoms with Gasteiger partial charge in [-0.25, -0.2) is 4.79 Å². The van der Waals surface area contributed by atoms with E-state index in [9.17, 15) is 4.79 Å². The van der Waals surface area contributed by atoms with Gasteiger partial charge < -0.3 is 9.15 Å². The van der Waals surface area contributed by atoms with Gasteiger partial charge in [0.25, 0.3) is 0 Å². The van der Waals surface area contributed by atoms with Crippen LogP contribution in [0.1, 0.15) is 25.8 Å². The number of benzene rings is 1. The van der Waals surface area contributed by atoms with Gasteiger partial charge in [-0.15, -0.1) is 0 Å². The van der Waals surface area contributed by atoms with Crippen LogP contribution in [0.15, 0.2) is 56.8 Å². The molecule has 1 aliphatic heterocycles. The zero-order chi connectivity index (χ0) is 15.3. The first-order chi connectivity index (χ1) is 10.7. The molecule has 0 spiro atoms. The number of hydrogen-bond donors (Lipinski definition) is 0. The lowest BCUT2D eigenvalue weighted by Crippen LogP contribution is -2.32. The van der Waals surface area contributed by atoms with Crippen molar-refractivity contribution in [1.82, 2.24) is 0 Å². The first-order valence-electron chi connectivity index (χ1n) is 7.78. The van der Waals surface area contributed by atoms with Crippen LogP contribution in [-0.4, -0.2) is 6.10 Å². The van der Waals surface area contributed by atoms with Crippen LogP contribution in [-0.2, 0) is 6.42 Å². The predicted octanol–water partition coefficient (Wildman–Crippen LogP) is 4.01. The van der Waals surface area contributed by atoms with E-state index in [4.69, 9.17) is 9.15 Å². The maximum atomic E-state index is 12.3. The lowest BCUT2D eigenvalue weighted by Gasteiger charge is -2.29. The first-order valence-corrected chi connectivity index (χ1v) is 7.78. The quantitative estimate of drug-likeness (QED) is 0.746. The molecular weight excluding hydrogens is 276 g/mol. The second-order valence-electron chi connectivity index (χ2n) is 6.03. The summed E-state index contributed by atoms with van der Waals surface area (Å²) < 4.78 is 11.7. The molecule has 0 unspecified atom stereocenters. The summed E-state index contributed by atoms with van der Waals surface area (Å²) in [6.45, 7) is 4.31. The second kappa shape index (κ2) is 4.87. The highest BCUT2D eigenvalue weighted by Crippen LogP contribution is 2.41. The van der Waals surface area contributed by atoms with Crippen LogP contribution in [0.3, 0.4) is 0 Å². The average molecular weight is 294 g/mol. The van der Waals surface area contributed by atoms with Gasteiger partial charge in [0.1, 0.15) is 17.4 Å². The van der Waals surface area contributed by atoms with Crippen molar-refractivity contribution in [3.8, 4) is 5.75 Å². The summed E-state index contributed by atoms with van der Waals surface area (Å²) >= 11 is 0. The molecule has 0 saturated heterocycles. The van der Waals surface area contributed by atoms with Crippen molar-refractivity contribution in [2.45, 2.75) is 32.8 Å². The van der Waals surface area contributed by atoms with Gasteiger partial charge >= 0.3 is 5.63 Å². The van der Waals surface area contributed by atoms with E-state index in [1.54, 1.807) is 0 Å². The molecule has 1 aromatic carbocycles. The third-order valence-corrected chi connectivity index (χ3v) is 4.82. The lowest BCUT2D eigenvalue weighted by atomic mass is 9.86. The number of hydrogen-bond acceptors (Lipinski definition) is 3. The highest BCUT2D eigenvalue weighted by Gasteiger charge is 2.37. The van der Waals surface area contributed by atoms with Crippen molar-refractivity contribution in [2.75, 3.05) is 0 Å². The van der Waals surface area contributed by atoms with Crippen LogP contribution in [0.2, 0.25) is 0 Å². The maximum absolute atomic E-state index is 12.3. The molecule has 2 aromatic rings. The maximum Gasteiger partial charge on any atom is 0.343 e. The third kappa shape index (κ3) is 1.85. The Balaban J connectivity index is 1.89. The van der Waals surface area contributed by atoms with Crippen LogP contribution in [0.25, 0.3) is 11.0 Å². The summed E-state index contributed by atoms with van der Waals surface area (Å²) in [4.78, 5) is 12.3. The summed E-state index contributed by atoms with van der Waals surface area (Å²) in [5, 5.41) is 0.883.